The monoisotopic (exact) mass is 359 g/mol. The van der Waals surface area contributed by atoms with Crippen LogP contribution in [0.3, 0.4) is 0 Å². The summed E-state index contributed by atoms with van der Waals surface area (Å²) < 4.78 is 5.33. The first-order chi connectivity index (χ1) is 13.2. The largest absolute Gasteiger partial charge is 0.507 e. The van der Waals surface area contributed by atoms with Gasteiger partial charge in [0.15, 0.2) is 0 Å². The highest BCUT2D eigenvalue weighted by atomic mass is 16.5. The molecule has 0 atom stereocenters. The molecule has 0 spiro atoms. The average Bonchev–Trinajstić information content (AvgIpc) is 3.18. The van der Waals surface area contributed by atoms with Crippen molar-refractivity contribution >= 4 is 5.82 Å². The van der Waals surface area contributed by atoms with E-state index in [1.54, 1.807) is 6.07 Å². The maximum absolute atomic E-state index is 10.2. The predicted octanol–water partition coefficient (Wildman–Crippen LogP) is 3.27. The standard InChI is InChI=1S/C20H17N5O2/c21-18-16(11-22-12-23-18)19-24-20(27-25-19)15-10-14(8-9-17(15)26)7-6-13-4-2-1-3-5-13/h1-5,8-12,26H,6-7H2,(H2,21,22,23). The van der Waals surface area contributed by atoms with Gasteiger partial charge in [0.05, 0.1) is 11.1 Å². The molecule has 0 aliphatic rings. The number of aromatic nitrogens is 4. The molecule has 2 aromatic carbocycles. The molecule has 3 N–H and O–H groups in total. The number of rotatable bonds is 5. The molecule has 0 saturated carbocycles. The fraction of sp³-hybridized carbons (Fsp3) is 0.100. The molecule has 2 heterocycles. The van der Waals surface area contributed by atoms with Crippen LogP contribution in [0.15, 0.2) is 65.6 Å². The molecule has 7 nitrogen and oxygen atoms in total. The first-order valence-corrected chi connectivity index (χ1v) is 8.46. The van der Waals surface area contributed by atoms with Gasteiger partial charge < -0.3 is 15.4 Å². The summed E-state index contributed by atoms with van der Waals surface area (Å²) >= 11 is 0. The van der Waals surface area contributed by atoms with Gasteiger partial charge in [-0.3, -0.25) is 0 Å². The summed E-state index contributed by atoms with van der Waals surface area (Å²) in [5.74, 6) is 0.827. The number of phenolic OH excluding ortho intramolecular Hbond substituents is 1. The molecule has 27 heavy (non-hydrogen) atoms. The second-order valence-electron chi connectivity index (χ2n) is 6.08. The molecule has 7 heteroatoms. The summed E-state index contributed by atoms with van der Waals surface area (Å²) in [6.45, 7) is 0. The van der Waals surface area contributed by atoms with Crippen molar-refractivity contribution in [3.63, 3.8) is 0 Å². The molecular formula is C20H17N5O2. The van der Waals surface area contributed by atoms with Gasteiger partial charge in [0, 0.05) is 6.20 Å². The fourth-order valence-electron chi connectivity index (χ4n) is 2.80. The third-order valence-electron chi connectivity index (χ3n) is 4.25. The molecular weight excluding hydrogens is 342 g/mol. The van der Waals surface area contributed by atoms with E-state index in [1.165, 1.54) is 18.1 Å². The summed E-state index contributed by atoms with van der Waals surface area (Å²) in [4.78, 5) is 12.2. The number of nitrogen functional groups attached to an aromatic ring is 1. The van der Waals surface area contributed by atoms with Gasteiger partial charge in [0.25, 0.3) is 5.89 Å². The Hall–Kier alpha value is -3.74. The maximum atomic E-state index is 10.2. The van der Waals surface area contributed by atoms with Crippen molar-refractivity contribution < 1.29 is 9.63 Å². The summed E-state index contributed by atoms with van der Waals surface area (Å²) in [6, 6.07) is 15.6. The molecule has 0 unspecified atom stereocenters. The number of aromatic hydroxyl groups is 1. The van der Waals surface area contributed by atoms with Crippen LogP contribution in [-0.2, 0) is 12.8 Å². The quantitative estimate of drug-likeness (QED) is 0.562. The third kappa shape index (κ3) is 3.62. The zero-order valence-corrected chi connectivity index (χ0v) is 14.4. The zero-order valence-electron chi connectivity index (χ0n) is 14.4. The second-order valence-corrected chi connectivity index (χ2v) is 6.08. The lowest BCUT2D eigenvalue weighted by molar-refractivity contribution is 0.425. The first kappa shape index (κ1) is 16.7. The summed E-state index contributed by atoms with van der Waals surface area (Å²) in [5.41, 5.74) is 9.11. The lowest BCUT2D eigenvalue weighted by atomic mass is 10.0. The van der Waals surface area contributed by atoms with Crippen LogP contribution in [0, 0.1) is 0 Å². The minimum Gasteiger partial charge on any atom is -0.507 e. The Bertz CT molecular complexity index is 1060. The summed E-state index contributed by atoms with van der Waals surface area (Å²) in [6.07, 6.45) is 4.60. The molecule has 0 radical (unpaired) electrons. The molecule has 2 aromatic heterocycles. The number of anilines is 1. The number of nitrogens with zero attached hydrogens (tertiary/aromatic N) is 4. The van der Waals surface area contributed by atoms with Crippen LogP contribution in [0.2, 0.25) is 0 Å². The zero-order chi connectivity index (χ0) is 18.6. The van der Waals surface area contributed by atoms with Crippen molar-refractivity contribution in [2.45, 2.75) is 12.8 Å². The Labute approximate surface area is 155 Å². The number of phenols is 1. The van der Waals surface area contributed by atoms with Crippen LogP contribution in [0.4, 0.5) is 5.82 Å². The maximum Gasteiger partial charge on any atom is 0.262 e. The number of hydrogen-bond donors (Lipinski definition) is 2. The van der Waals surface area contributed by atoms with Crippen molar-refractivity contribution in [3.05, 3.63) is 72.2 Å². The van der Waals surface area contributed by atoms with Gasteiger partial charge in [-0.25, -0.2) is 9.97 Å². The minimum absolute atomic E-state index is 0.0749. The van der Waals surface area contributed by atoms with E-state index < -0.39 is 0 Å². The van der Waals surface area contributed by atoms with E-state index in [-0.39, 0.29) is 23.3 Å². The molecule has 0 bridgehead atoms. The lowest BCUT2D eigenvalue weighted by Crippen LogP contribution is -1.95. The topological polar surface area (TPSA) is 111 Å². The van der Waals surface area contributed by atoms with E-state index in [2.05, 4.69) is 32.2 Å². The van der Waals surface area contributed by atoms with Crippen LogP contribution in [0.5, 0.6) is 5.75 Å². The van der Waals surface area contributed by atoms with E-state index in [1.807, 2.05) is 30.3 Å². The van der Waals surface area contributed by atoms with E-state index >= 15 is 0 Å². The summed E-state index contributed by atoms with van der Waals surface area (Å²) in [5, 5.41) is 14.2. The Morgan fingerprint density at radius 3 is 2.59 bits per heavy atom. The van der Waals surface area contributed by atoms with Crippen LogP contribution in [0.1, 0.15) is 11.1 Å². The Morgan fingerprint density at radius 1 is 0.963 bits per heavy atom. The van der Waals surface area contributed by atoms with Gasteiger partial charge in [-0.2, -0.15) is 4.98 Å². The van der Waals surface area contributed by atoms with Gasteiger partial charge in [0.1, 0.15) is 17.9 Å². The molecule has 0 saturated heterocycles. The minimum atomic E-state index is 0.0749. The average molecular weight is 359 g/mol. The van der Waals surface area contributed by atoms with E-state index in [4.69, 9.17) is 10.3 Å². The molecule has 0 amide bonds. The molecule has 0 aliphatic carbocycles. The normalized spacial score (nSPS) is 10.8. The van der Waals surface area contributed by atoms with Gasteiger partial charge >= 0.3 is 0 Å². The highest BCUT2D eigenvalue weighted by Crippen LogP contribution is 2.31. The van der Waals surface area contributed by atoms with Crippen molar-refractivity contribution in [2.75, 3.05) is 5.73 Å². The van der Waals surface area contributed by atoms with E-state index in [0.29, 0.717) is 11.1 Å². The SMILES string of the molecule is Nc1ncncc1-c1noc(-c2cc(CCc3ccccc3)ccc2O)n1. The van der Waals surface area contributed by atoms with Crippen molar-refractivity contribution in [2.24, 2.45) is 0 Å². The molecule has 4 aromatic rings. The number of aryl methyl sites for hydroxylation is 2. The highest BCUT2D eigenvalue weighted by Gasteiger charge is 2.16. The second kappa shape index (κ2) is 7.25. The molecule has 0 fully saturated rings. The number of nitrogens with two attached hydrogens (primary N) is 1. The molecule has 134 valence electrons. The van der Waals surface area contributed by atoms with E-state index in [9.17, 15) is 5.11 Å². The van der Waals surface area contributed by atoms with Gasteiger partial charge in [0.2, 0.25) is 5.82 Å². The predicted molar refractivity (Wildman–Crippen MR) is 101 cm³/mol. The third-order valence-corrected chi connectivity index (χ3v) is 4.25. The smallest absolute Gasteiger partial charge is 0.262 e. The fourth-order valence-corrected chi connectivity index (χ4v) is 2.80. The molecule has 4 rings (SSSR count). The van der Waals surface area contributed by atoms with Crippen LogP contribution < -0.4 is 5.73 Å². The number of benzene rings is 2. The van der Waals surface area contributed by atoms with Crippen LogP contribution >= 0.6 is 0 Å². The first-order valence-electron chi connectivity index (χ1n) is 8.46. The van der Waals surface area contributed by atoms with Crippen LogP contribution in [-0.4, -0.2) is 25.2 Å². The Kier molecular flexibility index (Phi) is 4.49. The van der Waals surface area contributed by atoms with Crippen LogP contribution in [0.25, 0.3) is 22.8 Å². The van der Waals surface area contributed by atoms with Crippen molar-refractivity contribution in [1.29, 1.82) is 0 Å². The summed E-state index contributed by atoms with van der Waals surface area (Å²) in [7, 11) is 0. The van der Waals surface area contributed by atoms with Gasteiger partial charge in [-0.1, -0.05) is 41.6 Å². The Morgan fingerprint density at radius 2 is 1.78 bits per heavy atom. The highest BCUT2D eigenvalue weighted by molar-refractivity contribution is 5.69. The van der Waals surface area contributed by atoms with Gasteiger partial charge in [-0.05, 0) is 36.1 Å². The van der Waals surface area contributed by atoms with Crippen molar-refractivity contribution in [3.8, 4) is 28.6 Å². The lowest BCUT2D eigenvalue weighted by Gasteiger charge is -2.05. The van der Waals surface area contributed by atoms with Crippen molar-refractivity contribution in [1.82, 2.24) is 20.1 Å². The number of hydrogen-bond acceptors (Lipinski definition) is 7. The van der Waals surface area contributed by atoms with Gasteiger partial charge in [-0.15, -0.1) is 0 Å². The van der Waals surface area contributed by atoms with E-state index in [0.717, 1.165) is 18.4 Å². The Balaban J connectivity index is 1.59. The molecule has 0 aliphatic heterocycles.